The fourth-order valence-corrected chi connectivity index (χ4v) is 3.33. The van der Waals surface area contributed by atoms with Gasteiger partial charge in [-0.2, -0.15) is 0 Å². The molecule has 0 aromatic heterocycles. The molecule has 0 heterocycles. The second kappa shape index (κ2) is 9.45. The highest BCUT2D eigenvalue weighted by Crippen LogP contribution is 2.36. The molecule has 0 aliphatic rings. The number of hydrogen-bond acceptors (Lipinski definition) is 3. The summed E-state index contributed by atoms with van der Waals surface area (Å²) in [5, 5.41) is 11.3. The van der Waals surface area contributed by atoms with Crippen molar-refractivity contribution in [3.05, 3.63) is 66.0 Å². The first-order valence-electron chi connectivity index (χ1n) is 7.96. The largest absolute Gasteiger partial charge is 0.396 e. The zero-order chi connectivity index (χ0) is 17.4. The number of hydrogen-bond donors (Lipinski definition) is 2. The lowest BCUT2D eigenvalue weighted by atomic mass is 10.1. The number of carbonyl (C=O) groups is 1. The maximum absolute atomic E-state index is 14.0. The van der Waals surface area contributed by atoms with Crippen LogP contribution in [0.4, 0.5) is 4.39 Å². The Bertz CT molecular complexity index is 651. The molecule has 0 radical (unpaired) electrons. The summed E-state index contributed by atoms with van der Waals surface area (Å²) in [5.74, 6) is -0.294. The van der Waals surface area contributed by atoms with Crippen molar-refractivity contribution in [1.29, 1.82) is 0 Å². The summed E-state index contributed by atoms with van der Waals surface area (Å²) >= 11 is 1.21. The van der Waals surface area contributed by atoms with Crippen LogP contribution >= 0.6 is 11.8 Å². The van der Waals surface area contributed by atoms with Crippen LogP contribution in [0, 0.1) is 11.7 Å². The molecule has 24 heavy (non-hydrogen) atoms. The minimum Gasteiger partial charge on any atom is -0.396 e. The summed E-state index contributed by atoms with van der Waals surface area (Å²) in [4.78, 5) is 13.1. The van der Waals surface area contributed by atoms with Crippen LogP contribution in [-0.4, -0.2) is 24.2 Å². The van der Waals surface area contributed by atoms with E-state index >= 15 is 0 Å². The quantitative estimate of drug-likeness (QED) is 0.714. The highest BCUT2D eigenvalue weighted by atomic mass is 32.2. The van der Waals surface area contributed by atoms with Gasteiger partial charge in [-0.15, -0.1) is 11.8 Å². The Morgan fingerprint density at radius 1 is 1.17 bits per heavy atom. The molecule has 128 valence electrons. The molecule has 2 rings (SSSR count). The second-order valence-electron chi connectivity index (χ2n) is 5.70. The molecule has 0 bridgehead atoms. The van der Waals surface area contributed by atoms with E-state index in [-0.39, 0.29) is 24.2 Å². The van der Waals surface area contributed by atoms with E-state index in [0.717, 1.165) is 5.56 Å². The topological polar surface area (TPSA) is 49.3 Å². The third-order valence-electron chi connectivity index (χ3n) is 3.67. The minimum absolute atomic E-state index is 0.100. The molecule has 0 spiro atoms. The van der Waals surface area contributed by atoms with Crippen molar-refractivity contribution in [2.24, 2.45) is 5.92 Å². The lowest BCUT2D eigenvalue weighted by Gasteiger charge is -2.19. The van der Waals surface area contributed by atoms with Gasteiger partial charge in [0.25, 0.3) is 0 Å². The number of halogens is 1. The lowest BCUT2D eigenvalue weighted by Crippen LogP contribution is -2.32. The maximum atomic E-state index is 14.0. The fraction of sp³-hybridized carbons (Fsp3) is 0.316. The average molecular weight is 347 g/mol. The van der Waals surface area contributed by atoms with Crippen molar-refractivity contribution in [2.75, 3.05) is 13.2 Å². The number of thioether (sulfide) groups is 1. The van der Waals surface area contributed by atoms with E-state index in [1.807, 2.05) is 37.3 Å². The molecule has 0 saturated carbocycles. The van der Waals surface area contributed by atoms with E-state index in [1.54, 1.807) is 18.2 Å². The van der Waals surface area contributed by atoms with Gasteiger partial charge in [0.1, 0.15) is 11.1 Å². The highest BCUT2D eigenvalue weighted by Gasteiger charge is 2.23. The van der Waals surface area contributed by atoms with Crippen LogP contribution in [0.25, 0.3) is 0 Å². The first-order chi connectivity index (χ1) is 11.6. The normalized spacial score (nSPS) is 13.3. The number of carbonyl (C=O) groups excluding carboxylic acids is 1. The molecular weight excluding hydrogens is 325 g/mol. The SMILES string of the molecule is CC(CCO)CNC(=O)C(Sc1ccccc1F)c1ccccc1. The molecular formula is C19H22FNO2S. The predicted octanol–water partition coefficient (Wildman–Crippen LogP) is 3.79. The van der Waals surface area contributed by atoms with Gasteiger partial charge in [0.15, 0.2) is 0 Å². The van der Waals surface area contributed by atoms with Gasteiger partial charge in [-0.25, -0.2) is 4.39 Å². The number of benzene rings is 2. The summed E-state index contributed by atoms with van der Waals surface area (Å²) in [6.45, 7) is 2.56. The van der Waals surface area contributed by atoms with E-state index in [0.29, 0.717) is 17.9 Å². The van der Waals surface area contributed by atoms with Crippen molar-refractivity contribution >= 4 is 17.7 Å². The monoisotopic (exact) mass is 347 g/mol. The lowest BCUT2D eigenvalue weighted by molar-refractivity contribution is -0.120. The van der Waals surface area contributed by atoms with Gasteiger partial charge in [-0.1, -0.05) is 49.4 Å². The van der Waals surface area contributed by atoms with Gasteiger partial charge >= 0.3 is 0 Å². The maximum Gasteiger partial charge on any atom is 0.238 e. The molecule has 2 atom stereocenters. The van der Waals surface area contributed by atoms with Crippen LogP contribution in [0.2, 0.25) is 0 Å². The van der Waals surface area contributed by atoms with Gasteiger partial charge in [0, 0.05) is 18.0 Å². The van der Waals surface area contributed by atoms with E-state index in [4.69, 9.17) is 5.11 Å². The molecule has 1 amide bonds. The van der Waals surface area contributed by atoms with Crippen LogP contribution in [-0.2, 0) is 4.79 Å². The summed E-state index contributed by atoms with van der Waals surface area (Å²) in [5.41, 5.74) is 0.832. The molecule has 0 saturated heterocycles. The molecule has 2 unspecified atom stereocenters. The van der Waals surface area contributed by atoms with E-state index in [1.165, 1.54) is 17.8 Å². The molecule has 5 heteroatoms. The Labute approximate surface area is 146 Å². The Morgan fingerprint density at radius 2 is 1.83 bits per heavy atom. The standard InChI is InChI=1S/C19H22FNO2S/c1-14(11-12-22)13-21-19(23)18(15-7-3-2-4-8-15)24-17-10-6-5-9-16(17)20/h2-10,14,18,22H,11-13H2,1H3,(H,21,23). The summed E-state index contributed by atoms with van der Waals surface area (Å²) in [6.07, 6.45) is 0.636. The highest BCUT2D eigenvalue weighted by molar-refractivity contribution is 8.00. The molecule has 0 aliphatic carbocycles. The summed E-state index contributed by atoms with van der Waals surface area (Å²) in [6, 6.07) is 15.8. The molecule has 2 aromatic rings. The summed E-state index contributed by atoms with van der Waals surface area (Å²) in [7, 11) is 0. The van der Waals surface area contributed by atoms with Crippen molar-refractivity contribution in [1.82, 2.24) is 5.32 Å². The Balaban J connectivity index is 2.14. The average Bonchev–Trinajstić information content (AvgIpc) is 2.60. The first-order valence-corrected chi connectivity index (χ1v) is 8.84. The van der Waals surface area contributed by atoms with E-state index in [2.05, 4.69) is 5.32 Å². The molecule has 3 nitrogen and oxygen atoms in total. The summed E-state index contributed by atoms with van der Waals surface area (Å²) < 4.78 is 14.0. The van der Waals surface area contributed by atoms with Gasteiger partial charge in [-0.05, 0) is 30.0 Å². The minimum atomic E-state index is -0.524. The van der Waals surface area contributed by atoms with Crippen molar-refractivity contribution in [2.45, 2.75) is 23.5 Å². The fourth-order valence-electron chi connectivity index (χ4n) is 2.26. The first kappa shape index (κ1) is 18.5. The van der Waals surface area contributed by atoms with Crippen molar-refractivity contribution in [3.63, 3.8) is 0 Å². The van der Waals surface area contributed by atoms with Crippen molar-refractivity contribution in [3.8, 4) is 0 Å². The Morgan fingerprint density at radius 3 is 2.50 bits per heavy atom. The van der Waals surface area contributed by atoms with Crippen LogP contribution in [0.5, 0.6) is 0 Å². The Hall–Kier alpha value is -1.85. The number of aliphatic hydroxyl groups is 1. The van der Waals surface area contributed by atoms with Gasteiger partial charge in [0.05, 0.1) is 0 Å². The van der Waals surface area contributed by atoms with Gasteiger partial charge in [0.2, 0.25) is 5.91 Å². The number of amides is 1. The smallest absolute Gasteiger partial charge is 0.238 e. The van der Waals surface area contributed by atoms with Gasteiger partial charge in [-0.3, -0.25) is 4.79 Å². The van der Waals surface area contributed by atoms with Crippen LogP contribution in [0.1, 0.15) is 24.2 Å². The van der Waals surface area contributed by atoms with Crippen LogP contribution in [0.3, 0.4) is 0 Å². The van der Waals surface area contributed by atoms with Crippen LogP contribution < -0.4 is 5.32 Å². The molecule has 0 fully saturated rings. The van der Waals surface area contributed by atoms with E-state index < -0.39 is 5.25 Å². The second-order valence-corrected chi connectivity index (χ2v) is 6.85. The third kappa shape index (κ3) is 5.35. The van der Waals surface area contributed by atoms with E-state index in [9.17, 15) is 9.18 Å². The number of aliphatic hydroxyl groups excluding tert-OH is 1. The molecule has 2 N–H and O–H groups in total. The Kier molecular flexibility index (Phi) is 7.28. The van der Waals surface area contributed by atoms with Crippen molar-refractivity contribution < 1.29 is 14.3 Å². The zero-order valence-electron chi connectivity index (χ0n) is 13.6. The zero-order valence-corrected chi connectivity index (χ0v) is 14.4. The molecule has 2 aromatic carbocycles. The predicted molar refractivity (Wildman–Crippen MR) is 95.3 cm³/mol. The van der Waals surface area contributed by atoms with Crippen LogP contribution in [0.15, 0.2) is 59.5 Å². The number of nitrogens with one attached hydrogen (secondary N) is 1. The number of rotatable bonds is 8. The molecule has 0 aliphatic heterocycles. The van der Waals surface area contributed by atoms with Gasteiger partial charge < -0.3 is 10.4 Å². The third-order valence-corrected chi connectivity index (χ3v) is 4.98.